The highest BCUT2D eigenvalue weighted by molar-refractivity contribution is 7.83. The van der Waals surface area contributed by atoms with Crippen LogP contribution in [0.25, 0.3) is 11.3 Å². The minimum atomic E-state index is -4.79. The molecule has 1 unspecified atom stereocenters. The highest BCUT2D eigenvalue weighted by atomic mass is 32.2. The van der Waals surface area contributed by atoms with Crippen molar-refractivity contribution in [3.8, 4) is 11.3 Å². The number of hydrogen-bond acceptors (Lipinski definition) is 3. The first-order valence-corrected chi connectivity index (χ1v) is 14.7. The van der Waals surface area contributed by atoms with E-state index in [2.05, 4.69) is 10.0 Å². The van der Waals surface area contributed by atoms with Crippen LogP contribution in [0.4, 0.5) is 17.6 Å². The number of nitrogens with zero attached hydrogens (tertiary/aromatic N) is 1. The van der Waals surface area contributed by atoms with Crippen LogP contribution in [-0.4, -0.2) is 39.5 Å². The van der Waals surface area contributed by atoms with Gasteiger partial charge < -0.3 is 14.6 Å². The largest absolute Gasteiger partial charge is 0.417 e. The van der Waals surface area contributed by atoms with Crippen LogP contribution < -0.4 is 10.0 Å². The van der Waals surface area contributed by atoms with Gasteiger partial charge in [-0.1, -0.05) is 25.3 Å². The van der Waals surface area contributed by atoms with Crippen LogP contribution in [-0.2, 0) is 28.4 Å². The first-order valence-electron chi connectivity index (χ1n) is 13.5. The number of halogens is 4. The van der Waals surface area contributed by atoms with Crippen LogP contribution in [0.1, 0.15) is 81.6 Å². The molecule has 1 aliphatic carbocycles. The Labute approximate surface area is 229 Å². The molecule has 1 amide bonds. The summed E-state index contributed by atoms with van der Waals surface area (Å²) in [6, 6.07) is 4.68. The number of rotatable bonds is 7. The Balaban J connectivity index is 1.75. The van der Waals surface area contributed by atoms with Crippen LogP contribution in [0.15, 0.2) is 29.2 Å². The Bertz CT molecular complexity index is 1190. The molecule has 2 N–H and O–H groups in total. The van der Waals surface area contributed by atoms with E-state index in [1.165, 1.54) is 22.8 Å². The SMILES string of the molecule is CC(C)(C)NS(=O)c1ccc(-c2cc(C(=O)NC3CCOCC3)c(F)n2CC2CCCCC2)cc1C(F)(F)F. The minimum Gasteiger partial charge on any atom is -0.381 e. The van der Waals surface area contributed by atoms with Gasteiger partial charge in [0.1, 0.15) is 11.0 Å². The number of ether oxygens (including phenoxy) is 1. The van der Waals surface area contributed by atoms with Gasteiger partial charge in [0, 0.05) is 31.3 Å². The second-order valence-corrected chi connectivity index (χ2v) is 12.7. The molecule has 0 radical (unpaired) electrons. The molecule has 39 heavy (non-hydrogen) atoms. The van der Waals surface area contributed by atoms with Crippen LogP contribution in [0, 0.1) is 11.9 Å². The molecule has 216 valence electrons. The molecule has 1 aliphatic heterocycles. The van der Waals surface area contributed by atoms with Crippen LogP contribution in [0.5, 0.6) is 0 Å². The molecular formula is C28H37F4N3O3S. The molecule has 1 saturated heterocycles. The number of benzene rings is 1. The van der Waals surface area contributed by atoms with E-state index in [-0.39, 0.29) is 35.3 Å². The first-order chi connectivity index (χ1) is 18.3. The minimum absolute atomic E-state index is 0.110. The fourth-order valence-corrected chi connectivity index (χ4v) is 6.47. The fraction of sp³-hybridized carbons (Fsp3) is 0.607. The van der Waals surface area contributed by atoms with E-state index >= 15 is 4.39 Å². The number of aromatic nitrogens is 1. The van der Waals surface area contributed by atoms with E-state index in [9.17, 15) is 22.2 Å². The van der Waals surface area contributed by atoms with Crippen molar-refractivity contribution in [1.29, 1.82) is 0 Å². The monoisotopic (exact) mass is 571 g/mol. The lowest BCUT2D eigenvalue weighted by Crippen LogP contribution is -2.39. The van der Waals surface area contributed by atoms with E-state index in [0.29, 0.717) is 26.1 Å². The predicted octanol–water partition coefficient (Wildman–Crippen LogP) is 6.21. The van der Waals surface area contributed by atoms with Gasteiger partial charge in [0.2, 0.25) is 5.95 Å². The summed E-state index contributed by atoms with van der Waals surface area (Å²) in [5, 5.41) is 2.85. The lowest BCUT2D eigenvalue weighted by atomic mass is 9.89. The Kier molecular flexibility index (Phi) is 9.22. The van der Waals surface area contributed by atoms with E-state index in [4.69, 9.17) is 4.74 Å². The van der Waals surface area contributed by atoms with Crippen molar-refractivity contribution in [2.24, 2.45) is 5.92 Å². The Morgan fingerprint density at radius 3 is 2.33 bits per heavy atom. The van der Waals surface area contributed by atoms with E-state index < -0.39 is 45.0 Å². The molecule has 0 spiro atoms. The molecule has 2 fully saturated rings. The smallest absolute Gasteiger partial charge is 0.381 e. The zero-order chi connectivity index (χ0) is 28.4. The van der Waals surface area contributed by atoms with Crippen LogP contribution >= 0.6 is 0 Å². The van der Waals surface area contributed by atoms with Crippen molar-refractivity contribution in [2.75, 3.05) is 13.2 Å². The normalized spacial score (nSPS) is 18.7. The maximum absolute atomic E-state index is 15.9. The summed E-state index contributed by atoms with van der Waals surface area (Å²) in [4.78, 5) is 12.7. The summed E-state index contributed by atoms with van der Waals surface area (Å²) in [7, 11) is -2.12. The maximum Gasteiger partial charge on any atom is 0.417 e. The summed E-state index contributed by atoms with van der Waals surface area (Å²) in [5.41, 5.74) is -1.63. The lowest BCUT2D eigenvalue weighted by Gasteiger charge is -2.24. The molecule has 11 heteroatoms. The van der Waals surface area contributed by atoms with E-state index in [1.807, 2.05) is 0 Å². The molecule has 4 rings (SSSR count). The third kappa shape index (κ3) is 7.49. The number of carbonyl (C=O) groups excluding carboxylic acids is 1. The van der Waals surface area contributed by atoms with Crippen molar-refractivity contribution >= 4 is 16.9 Å². The molecular weight excluding hydrogens is 534 g/mol. The maximum atomic E-state index is 15.9. The number of amides is 1. The van der Waals surface area contributed by atoms with Crippen molar-refractivity contribution in [1.82, 2.24) is 14.6 Å². The van der Waals surface area contributed by atoms with Gasteiger partial charge in [0.05, 0.1) is 21.7 Å². The van der Waals surface area contributed by atoms with Gasteiger partial charge in [0.25, 0.3) is 5.91 Å². The van der Waals surface area contributed by atoms with Gasteiger partial charge in [-0.05, 0) is 76.1 Å². The lowest BCUT2D eigenvalue weighted by molar-refractivity contribution is -0.139. The zero-order valence-corrected chi connectivity index (χ0v) is 23.4. The molecule has 1 atom stereocenters. The number of nitrogens with one attached hydrogen (secondary N) is 2. The van der Waals surface area contributed by atoms with Crippen LogP contribution in [0.2, 0.25) is 0 Å². The molecule has 1 saturated carbocycles. The van der Waals surface area contributed by atoms with Gasteiger partial charge in [-0.2, -0.15) is 17.6 Å². The summed E-state index contributed by atoms with van der Waals surface area (Å²) < 4.78 is 80.5. The van der Waals surface area contributed by atoms with E-state index in [1.54, 1.807) is 20.8 Å². The number of hydrogen-bond donors (Lipinski definition) is 2. The number of carbonyl (C=O) groups is 1. The first kappa shape index (κ1) is 29.7. The van der Waals surface area contributed by atoms with Gasteiger partial charge in [-0.15, -0.1) is 0 Å². The summed E-state index contributed by atoms with van der Waals surface area (Å²) in [6.45, 7) is 6.40. The standard InChI is InChI=1S/C28H37F4N3O3S/c1-27(2,3)34-39(37)24-10-9-19(15-22(24)28(30,31)32)23-16-21(26(36)33-20-11-13-38-14-12-20)25(29)35(23)17-18-7-5-4-6-8-18/h9-10,15-16,18,20,34H,4-8,11-14,17H2,1-3H3,(H,33,36). The molecule has 1 aromatic heterocycles. The topological polar surface area (TPSA) is 72.4 Å². The zero-order valence-electron chi connectivity index (χ0n) is 22.6. The fourth-order valence-electron chi connectivity index (χ4n) is 5.24. The number of alkyl halides is 3. The van der Waals surface area contributed by atoms with Crippen molar-refractivity contribution < 1.29 is 31.3 Å². The highest BCUT2D eigenvalue weighted by Crippen LogP contribution is 2.38. The molecule has 0 bridgehead atoms. The summed E-state index contributed by atoms with van der Waals surface area (Å²) in [5.74, 6) is -1.18. The Morgan fingerprint density at radius 1 is 1.05 bits per heavy atom. The molecule has 2 aromatic rings. The van der Waals surface area contributed by atoms with Crippen molar-refractivity contribution in [3.05, 3.63) is 41.3 Å². The quantitative estimate of drug-likeness (QED) is 0.388. The second kappa shape index (κ2) is 12.1. The molecule has 2 aliphatic rings. The Morgan fingerprint density at radius 2 is 1.72 bits per heavy atom. The highest BCUT2D eigenvalue weighted by Gasteiger charge is 2.37. The Hall–Kier alpha value is -2.24. The van der Waals surface area contributed by atoms with E-state index in [0.717, 1.165) is 38.2 Å². The predicted molar refractivity (Wildman–Crippen MR) is 142 cm³/mol. The molecule has 2 heterocycles. The average Bonchev–Trinajstić information content (AvgIpc) is 3.19. The van der Waals surface area contributed by atoms with Crippen molar-refractivity contribution in [3.63, 3.8) is 0 Å². The third-order valence-corrected chi connectivity index (χ3v) is 8.73. The molecule has 1 aromatic carbocycles. The summed E-state index contributed by atoms with van der Waals surface area (Å²) in [6.07, 6.45) is 1.35. The van der Waals surface area contributed by atoms with Gasteiger partial charge in [-0.3, -0.25) is 4.79 Å². The van der Waals surface area contributed by atoms with Gasteiger partial charge in [-0.25, -0.2) is 8.93 Å². The third-order valence-electron chi connectivity index (χ3n) is 7.18. The summed E-state index contributed by atoms with van der Waals surface area (Å²) >= 11 is 0. The average molecular weight is 572 g/mol. The van der Waals surface area contributed by atoms with Gasteiger partial charge >= 0.3 is 6.18 Å². The van der Waals surface area contributed by atoms with Gasteiger partial charge in [0.15, 0.2) is 0 Å². The second-order valence-electron chi connectivity index (χ2n) is 11.5. The molecule has 6 nitrogen and oxygen atoms in total. The van der Waals surface area contributed by atoms with Crippen molar-refractivity contribution in [2.45, 2.75) is 94.9 Å². The van der Waals surface area contributed by atoms with Crippen LogP contribution in [0.3, 0.4) is 0 Å².